The van der Waals surface area contributed by atoms with Gasteiger partial charge in [0.15, 0.2) is 22.7 Å². The van der Waals surface area contributed by atoms with E-state index in [1.807, 2.05) is 0 Å². The van der Waals surface area contributed by atoms with Crippen LogP contribution in [0.15, 0.2) is 28.9 Å². The van der Waals surface area contributed by atoms with Crippen LogP contribution in [-0.2, 0) is 14.3 Å². The Kier molecular flexibility index (Phi) is 7.42. The van der Waals surface area contributed by atoms with Crippen LogP contribution >= 0.6 is 28.1 Å². The second-order valence-electron chi connectivity index (χ2n) is 6.24. The number of thiocarbonyl (C=S) groups is 1. The molecule has 1 aromatic rings. The van der Waals surface area contributed by atoms with Gasteiger partial charge in [0.2, 0.25) is 0 Å². The van der Waals surface area contributed by atoms with Gasteiger partial charge in [0.05, 0.1) is 30.1 Å². The van der Waals surface area contributed by atoms with Gasteiger partial charge in [-0.1, -0.05) is 6.58 Å². The predicted octanol–water partition coefficient (Wildman–Crippen LogP) is 3.03. The summed E-state index contributed by atoms with van der Waals surface area (Å²) in [6.45, 7) is 9.02. The van der Waals surface area contributed by atoms with Gasteiger partial charge in [-0.3, -0.25) is 4.79 Å². The van der Waals surface area contributed by atoms with Gasteiger partial charge < -0.3 is 24.8 Å². The molecule has 1 saturated heterocycles. The summed E-state index contributed by atoms with van der Waals surface area (Å²) >= 11 is 8.68. The van der Waals surface area contributed by atoms with E-state index in [1.54, 1.807) is 26.0 Å². The lowest BCUT2D eigenvalue weighted by Crippen LogP contribution is -2.50. The summed E-state index contributed by atoms with van der Waals surface area (Å²) in [6, 6.07) is 3.12. The molecule has 0 saturated carbocycles. The van der Waals surface area contributed by atoms with E-state index in [0.717, 1.165) is 5.56 Å². The summed E-state index contributed by atoms with van der Waals surface area (Å²) in [4.78, 5) is 24.1. The number of carbonyl (C=O) groups is 2. The molecule has 1 aliphatic rings. The van der Waals surface area contributed by atoms with Gasteiger partial charge in [-0.05, 0) is 66.6 Å². The van der Waals surface area contributed by atoms with Crippen molar-refractivity contribution in [3.63, 3.8) is 0 Å². The molecule has 1 aliphatic heterocycles. The van der Waals surface area contributed by atoms with Gasteiger partial charge in [-0.15, -0.1) is 0 Å². The zero-order valence-electron chi connectivity index (χ0n) is 16.1. The summed E-state index contributed by atoms with van der Waals surface area (Å²) in [5.74, 6) is -0.266. The minimum atomic E-state index is -0.815. The summed E-state index contributed by atoms with van der Waals surface area (Å²) in [7, 11) is 1.50. The quantitative estimate of drug-likeness (QED) is 0.464. The zero-order valence-corrected chi connectivity index (χ0v) is 18.5. The number of methoxy groups -OCH3 is 1. The summed E-state index contributed by atoms with van der Waals surface area (Å²) in [5, 5.41) is 6.40. The number of hydrogen-bond acceptors (Lipinski definition) is 6. The van der Waals surface area contributed by atoms with Crippen molar-refractivity contribution in [2.24, 2.45) is 5.92 Å². The Hall–Kier alpha value is -2.13. The van der Waals surface area contributed by atoms with Crippen molar-refractivity contribution in [2.75, 3.05) is 13.7 Å². The number of esters is 1. The molecule has 2 N–H and O–H groups in total. The van der Waals surface area contributed by atoms with Crippen LogP contribution in [0.2, 0.25) is 0 Å². The van der Waals surface area contributed by atoms with Crippen LogP contribution < -0.4 is 20.1 Å². The van der Waals surface area contributed by atoms with Crippen molar-refractivity contribution in [3.05, 3.63) is 34.4 Å². The highest BCUT2D eigenvalue weighted by atomic mass is 79.9. The number of ether oxygens (including phenoxy) is 3. The molecule has 0 amide bonds. The molecule has 1 aromatic carbocycles. The number of carbonyl (C=O) groups excluding carboxylic acids is 2. The molecule has 1 fully saturated rings. The third-order valence-electron chi connectivity index (χ3n) is 4.23. The molecule has 1 heterocycles. The Labute approximate surface area is 177 Å². The van der Waals surface area contributed by atoms with E-state index in [-0.39, 0.29) is 12.4 Å². The molecular formula is C19H23BrN2O5S. The molecule has 9 heteroatoms. The number of Topliss-reactive ketones (excluding diaryl/α,β-unsaturated/α-hetero) is 1. The Morgan fingerprint density at radius 1 is 1.39 bits per heavy atom. The highest BCUT2D eigenvalue weighted by Gasteiger charge is 2.35. The van der Waals surface area contributed by atoms with Gasteiger partial charge in [0, 0.05) is 5.70 Å². The van der Waals surface area contributed by atoms with Crippen molar-refractivity contribution >= 4 is 45.0 Å². The highest BCUT2D eigenvalue weighted by molar-refractivity contribution is 9.10. The van der Waals surface area contributed by atoms with Gasteiger partial charge in [-0.25, -0.2) is 4.79 Å². The van der Waals surface area contributed by atoms with Crippen LogP contribution in [-0.4, -0.2) is 36.7 Å². The van der Waals surface area contributed by atoms with Gasteiger partial charge in [0.25, 0.3) is 0 Å². The van der Waals surface area contributed by atoms with Crippen molar-refractivity contribution in [3.8, 4) is 11.5 Å². The van der Waals surface area contributed by atoms with Crippen molar-refractivity contribution < 1.29 is 23.8 Å². The standard InChI is InChI=1S/C19H23BrN2O5S/c1-6-26-18(24)11(4)27-17-13(20)7-12(8-14(17)25-5)16-15(10(3)23)9(2)21-19(28)22-16/h7-8,11,15-16H,2,6H2,1,3-5H3,(H2,21,22,28)/t11-,15-,16-/m0/s1. The number of benzene rings is 1. The van der Waals surface area contributed by atoms with Gasteiger partial charge >= 0.3 is 5.97 Å². The lowest BCUT2D eigenvalue weighted by molar-refractivity contribution is -0.150. The third kappa shape index (κ3) is 4.82. The number of rotatable bonds is 7. The summed E-state index contributed by atoms with van der Waals surface area (Å²) in [6.07, 6.45) is -0.815. The highest BCUT2D eigenvalue weighted by Crippen LogP contribution is 2.41. The average Bonchev–Trinajstić information content (AvgIpc) is 2.62. The van der Waals surface area contributed by atoms with Crippen LogP contribution in [0.3, 0.4) is 0 Å². The fraction of sp³-hybridized carbons (Fsp3) is 0.421. The van der Waals surface area contributed by atoms with E-state index in [1.165, 1.54) is 14.0 Å². The van der Waals surface area contributed by atoms with Crippen molar-refractivity contribution in [1.82, 2.24) is 10.6 Å². The monoisotopic (exact) mass is 470 g/mol. The van der Waals surface area contributed by atoms with Gasteiger partial charge in [-0.2, -0.15) is 0 Å². The first-order valence-electron chi connectivity index (χ1n) is 8.67. The van der Waals surface area contributed by atoms with Crippen LogP contribution in [0.4, 0.5) is 0 Å². The fourth-order valence-corrected chi connectivity index (χ4v) is 3.77. The molecule has 28 heavy (non-hydrogen) atoms. The zero-order chi connectivity index (χ0) is 21.0. The first-order valence-corrected chi connectivity index (χ1v) is 9.87. The Morgan fingerprint density at radius 3 is 2.64 bits per heavy atom. The van der Waals surface area contributed by atoms with Crippen molar-refractivity contribution in [2.45, 2.75) is 32.9 Å². The number of halogens is 1. The minimum absolute atomic E-state index is 0.0520. The van der Waals surface area contributed by atoms with Crippen molar-refractivity contribution in [1.29, 1.82) is 0 Å². The predicted molar refractivity (Wildman–Crippen MR) is 112 cm³/mol. The minimum Gasteiger partial charge on any atom is -0.493 e. The third-order valence-corrected chi connectivity index (χ3v) is 5.04. The molecule has 7 nitrogen and oxygen atoms in total. The summed E-state index contributed by atoms with van der Waals surface area (Å²) in [5.41, 5.74) is 1.29. The molecule has 0 spiro atoms. The average molecular weight is 471 g/mol. The molecule has 3 atom stereocenters. The first kappa shape index (κ1) is 22.2. The topological polar surface area (TPSA) is 85.9 Å². The number of hydrogen-bond donors (Lipinski definition) is 2. The van der Waals surface area contributed by atoms with E-state index < -0.39 is 24.0 Å². The van der Waals surface area contributed by atoms with Crippen LogP contribution in [0, 0.1) is 5.92 Å². The molecule has 0 bridgehead atoms. The molecule has 0 unspecified atom stereocenters. The number of ketones is 1. The van der Waals surface area contributed by atoms with Gasteiger partial charge in [0.1, 0.15) is 5.78 Å². The second-order valence-corrected chi connectivity index (χ2v) is 7.50. The molecule has 0 aliphatic carbocycles. The smallest absolute Gasteiger partial charge is 0.347 e. The van der Waals surface area contributed by atoms with Crippen LogP contribution in [0.1, 0.15) is 32.4 Å². The second kappa shape index (κ2) is 9.38. The maximum Gasteiger partial charge on any atom is 0.347 e. The van der Waals surface area contributed by atoms with E-state index in [2.05, 4.69) is 33.1 Å². The molecule has 0 radical (unpaired) electrons. The SMILES string of the molecule is C=C1NC(=S)N[C@@H](c2cc(Br)c(O[C@@H](C)C(=O)OCC)c(OC)c2)[C@@H]1C(C)=O. The normalized spacial score (nSPS) is 19.9. The van der Waals surface area contributed by atoms with Crippen LogP contribution in [0.5, 0.6) is 11.5 Å². The van der Waals surface area contributed by atoms with E-state index >= 15 is 0 Å². The fourth-order valence-electron chi connectivity index (χ4n) is 2.96. The van der Waals surface area contributed by atoms with Crippen LogP contribution in [0.25, 0.3) is 0 Å². The lowest BCUT2D eigenvalue weighted by atomic mass is 9.86. The lowest BCUT2D eigenvalue weighted by Gasteiger charge is -2.35. The maximum absolute atomic E-state index is 12.2. The maximum atomic E-state index is 12.2. The molecular weight excluding hydrogens is 448 g/mol. The summed E-state index contributed by atoms with van der Waals surface area (Å²) < 4.78 is 16.7. The number of nitrogens with one attached hydrogen (secondary N) is 2. The Morgan fingerprint density at radius 2 is 2.07 bits per heavy atom. The molecule has 2 rings (SSSR count). The molecule has 0 aromatic heterocycles. The Balaban J connectivity index is 2.41. The van der Waals surface area contributed by atoms with E-state index in [0.29, 0.717) is 26.8 Å². The van der Waals surface area contributed by atoms with E-state index in [9.17, 15) is 9.59 Å². The Bertz CT molecular complexity index is 814. The largest absolute Gasteiger partial charge is 0.493 e. The molecule has 152 valence electrons. The van der Waals surface area contributed by atoms with E-state index in [4.69, 9.17) is 26.4 Å². The first-order chi connectivity index (χ1) is 13.2.